The summed E-state index contributed by atoms with van der Waals surface area (Å²) in [6.07, 6.45) is 5.24. The van der Waals surface area contributed by atoms with Crippen LogP contribution in [0.2, 0.25) is 0 Å². The van der Waals surface area contributed by atoms with Gasteiger partial charge in [-0.25, -0.2) is 13.4 Å². The fourth-order valence-electron chi connectivity index (χ4n) is 2.79. The molecule has 0 radical (unpaired) electrons. The number of hydrogen-bond acceptors (Lipinski definition) is 5. The monoisotopic (exact) mass is 363 g/mol. The SMILES string of the molecule is Cc1nc(S(=O)(=O)N2CCCN(C(=O)c3cccnc3)CC2)cn1C. The fraction of sp³-hybridized carbons (Fsp3) is 0.438. The van der Waals surface area contributed by atoms with E-state index in [2.05, 4.69) is 9.97 Å². The van der Waals surface area contributed by atoms with Gasteiger partial charge in [-0.15, -0.1) is 0 Å². The molecule has 1 saturated heterocycles. The van der Waals surface area contributed by atoms with Crippen LogP contribution in [0.25, 0.3) is 0 Å². The molecule has 1 fully saturated rings. The lowest BCUT2D eigenvalue weighted by molar-refractivity contribution is 0.0764. The van der Waals surface area contributed by atoms with Gasteiger partial charge in [0.15, 0.2) is 5.03 Å². The molecule has 0 atom stereocenters. The predicted octanol–water partition coefficient (Wildman–Crippen LogP) is 0.660. The molecule has 25 heavy (non-hydrogen) atoms. The van der Waals surface area contributed by atoms with E-state index >= 15 is 0 Å². The molecule has 1 aliphatic rings. The van der Waals surface area contributed by atoms with Gasteiger partial charge in [0.25, 0.3) is 15.9 Å². The molecule has 0 aliphatic carbocycles. The summed E-state index contributed by atoms with van der Waals surface area (Å²) < 4.78 is 28.7. The lowest BCUT2D eigenvalue weighted by Gasteiger charge is -2.21. The van der Waals surface area contributed by atoms with Crippen molar-refractivity contribution in [3.8, 4) is 0 Å². The number of pyridine rings is 1. The van der Waals surface area contributed by atoms with Gasteiger partial charge in [0.2, 0.25) is 0 Å². The van der Waals surface area contributed by atoms with Crippen LogP contribution in [0.15, 0.2) is 35.7 Å². The first-order chi connectivity index (χ1) is 11.9. The maximum atomic E-state index is 12.8. The highest BCUT2D eigenvalue weighted by molar-refractivity contribution is 7.89. The van der Waals surface area contributed by atoms with Crippen molar-refractivity contribution in [2.45, 2.75) is 18.4 Å². The van der Waals surface area contributed by atoms with Gasteiger partial charge in [0, 0.05) is 51.8 Å². The second kappa shape index (κ2) is 6.93. The molecule has 9 heteroatoms. The summed E-state index contributed by atoms with van der Waals surface area (Å²) in [5.41, 5.74) is 0.513. The minimum atomic E-state index is -3.65. The Morgan fingerprint density at radius 1 is 1.20 bits per heavy atom. The molecule has 134 valence electrons. The normalized spacial score (nSPS) is 16.6. The molecule has 0 N–H and O–H groups in total. The van der Waals surface area contributed by atoms with E-state index in [-0.39, 0.29) is 17.5 Å². The lowest BCUT2D eigenvalue weighted by atomic mass is 10.2. The van der Waals surface area contributed by atoms with E-state index in [0.29, 0.717) is 37.4 Å². The molecule has 1 aliphatic heterocycles. The van der Waals surface area contributed by atoms with E-state index in [9.17, 15) is 13.2 Å². The van der Waals surface area contributed by atoms with Crippen molar-refractivity contribution >= 4 is 15.9 Å². The molecule has 8 nitrogen and oxygen atoms in total. The largest absolute Gasteiger partial charge is 0.337 e. The third-order valence-corrected chi connectivity index (χ3v) is 6.11. The molecule has 2 aromatic rings. The molecule has 3 heterocycles. The predicted molar refractivity (Wildman–Crippen MR) is 91.5 cm³/mol. The fourth-order valence-corrected chi connectivity index (χ4v) is 4.29. The molecular formula is C16H21N5O3S. The maximum Gasteiger partial charge on any atom is 0.262 e. The Kier molecular flexibility index (Phi) is 4.87. The van der Waals surface area contributed by atoms with Gasteiger partial charge in [-0.05, 0) is 25.5 Å². The van der Waals surface area contributed by atoms with E-state index in [0.717, 1.165) is 0 Å². The average molecular weight is 363 g/mol. The first-order valence-electron chi connectivity index (χ1n) is 8.09. The Morgan fingerprint density at radius 3 is 2.64 bits per heavy atom. The van der Waals surface area contributed by atoms with E-state index in [1.807, 2.05) is 0 Å². The highest BCUT2D eigenvalue weighted by Crippen LogP contribution is 2.17. The number of sulfonamides is 1. The van der Waals surface area contributed by atoms with Gasteiger partial charge >= 0.3 is 0 Å². The molecule has 3 rings (SSSR count). The summed E-state index contributed by atoms with van der Waals surface area (Å²) in [6, 6.07) is 3.43. The first-order valence-corrected chi connectivity index (χ1v) is 9.53. The Labute approximate surface area is 147 Å². The van der Waals surface area contributed by atoms with Crippen LogP contribution in [-0.2, 0) is 17.1 Å². The number of imidazole rings is 1. The highest BCUT2D eigenvalue weighted by atomic mass is 32.2. The molecule has 0 bridgehead atoms. The van der Waals surface area contributed by atoms with Crippen molar-refractivity contribution in [3.05, 3.63) is 42.1 Å². The van der Waals surface area contributed by atoms with Crippen LogP contribution in [0.4, 0.5) is 0 Å². The summed E-state index contributed by atoms with van der Waals surface area (Å²) in [6.45, 7) is 3.24. The standard InChI is InChI=1S/C16H21N5O3S/c1-13-18-15(12-19(13)2)25(23,24)21-8-4-7-20(9-10-21)16(22)14-5-3-6-17-11-14/h3,5-6,11-12H,4,7-10H2,1-2H3. The van der Waals surface area contributed by atoms with Crippen LogP contribution in [0.3, 0.4) is 0 Å². The van der Waals surface area contributed by atoms with Crippen molar-refractivity contribution in [1.82, 2.24) is 23.7 Å². The van der Waals surface area contributed by atoms with Crippen LogP contribution >= 0.6 is 0 Å². The van der Waals surface area contributed by atoms with Gasteiger partial charge in [0.05, 0.1) is 5.56 Å². The number of amides is 1. The smallest absolute Gasteiger partial charge is 0.262 e. The maximum absolute atomic E-state index is 12.8. The topological polar surface area (TPSA) is 88.4 Å². The number of nitrogens with zero attached hydrogens (tertiary/aromatic N) is 5. The number of aromatic nitrogens is 3. The Hall–Kier alpha value is -2.26. The highest BCUT2D eigenvalue weighted by Gasteiger charge is 2.30. The first kappa shape index (κ1) is 17.6. The van der Waals surface area contributed by atoms with Crippen molar-refractivity contribution in [3.63, 3.8) is 0 Å². The Balaban J connectivity index is 1.74. The molecule has 0 spiro atoms. The van der Waals surface area contributed by atoms with E-state index in [1.165, 1.54) is 16.7 Å². The number of hydrogen-bond donors (Lipinski definition) is 0. The molecule has 0 unspecified atom stereocenters. The van der Waals surface area contributed by atoms with Crippen LogP contribution in [0, 0.1) is 6.92 Å². The molecule has 0 aromatic carbocycles. The number of aryl methyl sites for hydroxylation is 2. The molecule has 0 saturated carbocycles. The zero-order chi connectivity index (χ0) is 18.0. The van der Waals surface area contributed by atoms with Gasteiger partial charge < -0.3 is 9.47 Å². The summed E-state index contributed by atoms with van der Waals surface area (Å²) >= 11 is 0. The Morgan fingerprint density at radius 2 is 2.00 bits per heavy atom. The third-order valence-electron chi connectivity index (χ3n) is 4.34. The summed E-state index contributed by atoms with van der Waals surface area (Å²) in [7, 11) is -1.89. The minimum Gasteiger partial charge on any atom is -0.337 e. The van der Waals surface area contributed by atoms with Gasteiger partial charge in [-0.1, -0.05) is 0 Å². The van der Waals surface area contributed by atoms with Gasteiger partial charge in [0.1, 0.15) is 5.82 Å². The zero-order valence-electron chi connectivity index (χ0n) is 14.3. The van der Waals surface area contributed by atoms with Gasteiger partial charge in [-0.3, -0.25) is 9.78 Å². The van der Waals surface area contributed by atoms with E-state index in [4.69, 9.17) is 0 Å². The number of carbonyl (C=O) groups excluding carboxylic acids is 1. The number of rotatable bonds is 3. The summed E-state index contributed by atoms with van der Waals surface area (Å²) in [5, 5.41) is 0.0551. The molecule has 1 amide bonds. The van der Waals surface area contributed by atoms with Gasteiger partial charge in [-0.2, -0.15) is 4.31 Å². The average Bonchev–Trinajstić information content (AvgIpc) is 2.82. The Bertz CT molecular complexity index is 844. The molecule has 2 aromatic heterocycles. The second-order valence-electron chi connectivity index (χ2n) is 6.03. The lowest BCUT2D eigenvalue weighted by Crippen LogP contribution is -2.37. The quantitative estimate of drug-likeness (QED) is 0.799. The number of carbonyl (C=O) groups is 1. The third kappa shape index (κ3) is 3.57. The van der Waals surface area contributed by atoms with E-state index in [1.54, 1.807) is 41.8 Å². The van der Waals surface area contributed by atoms with Crippen LogP contribution in [0.1, 0.15) is 22.6 Å². The van der Waals surface area contributed by atoms with Crippen molar-refractivity contribution in [2.24, 2.45) is 7.05 Å². The van der Waals surface area contributed by atoms with Crippen molar-refractivity contribution in [1.29, 1.82) is 0 Å². The van der Waals surface area contributed by atoms with Crippen LogP contribution < -0.4 is 0 Å². The second-order valence-corrected chi connectivity index (χ2v) is 7.91. The van der Waals surface area contributed by atoms with Crippen LogP contribution in [-0.4, -0.2) is 64.2 Å². The van der Waals surface area contributed by atoms with Crippen molar-refractivity contribution < 1.29 is 13.2 Å². The van der Waals surface area contributed by atoms with E-state index < -0.39 is 10.0 Å². The minimum absolute atomic E-state index is 0.0551. The van der Waals surface area contributed by atoms with Crippen LogP contribution in [0.5, 0.6) is 0 Å². The summed E-state index contributed by atoms with van der Waals surface area (Å²) in [4.78, 5) is 22.3. The molecular weight excluding hydrogens is 342 g/mol. The van der Waals surface area contributed by atoms with Crippen molar-refractivity contribution in [2.75, 3.05) is 26.2 Å². The zero-order valence-corrected chi connectivity index (χ0v) is 15.1. The summed E-state index contributed by atoms with van der Waals surface area (Å²) in [5.74, 6) is 0.516.